The van der Waals surface area contributed by atoms with Gasteiger partial charge in [-0.1, -0.05) is 23.2 Å². The third-order valence-corrected chi connectivity index (χ3v) is 6.64. The first kappa shape index (κ1) is 22.4. The number of imidazole rings is 1. The molecule has 10 heteroatoms. The van der Waals surface area contributed by atoms with Crippen LogP contribution in [-0.2, 0) is 14.3 Å². The quantitative estimate of drug-likeness (QED) is 0.506. The summed E-state index contributed by atoms with van der Waals surface area (Å²) in [6.45, 7) is 0.581. The molecule has 32 heavy (non-hydrogen) atoms. The lowest BCUT2D eigenvalue weighted by Gasteiger charge is -2.28. The Morgan fingerprint density at radius 3 is 2.81 bits per heavy atom. The number of esters is 1. The summed E-state index contributed by atoms with van der Waals surface area (Å²) in [5.41, 5.74) is 1.33. The van der Waals surface area contributed by atoms with Crippen LogP contribution in [0.2, 0.25) is 10.0 Å². The number of methoxy groups -OCH3 is 1. The molecule has 0 unspecified atom stereocenters. The second-order valence-corrected chi connectivity index (χ2v) is 8.51. The summed E-state index contributed by atoms with van der Waals surface area (Å²) < 4.78 is 6.94. The fourth-order valence-electron chi connectivity index (χ4n) is 4.34. The number of carbonyl (C=O) groups is 2. The minimum atomic E-state index is -0.845. The highest BCUT2D eigenvalue weighted by atomic mass is 35.5. The lowest BCUT2D eigenvalue weighted by Crippen LogP contribution is -2.41. The van der Waals surface area contributed by atoms with Crippen LogP contribution in [0.5, 0.6) is 0 Å². The zero-order chi connectivity index (χ0) is 22.8. The fraction of sp³-hybridized carbons (Fsp3) is 0.364. The molecule has 3 aromatic rings. The van der Waals surface area contributed by atoms with Gasteiger partial charge in [0.2, 0.25) is 0 Å². The van der Waals surface area contributed by atoms with Gasteiger partial charge in [-0.3, -0.25) is 4.79 Å². The molecule has 0 amide bonds. The fourth-order valence-corrected chi connectivity index (χ4v) is 4.70. The van der Waals surface area contributed by atoms with E-state index in [-0.39, 0.29) is 18.3 Å². The number of anilines is 1. The third-order valence-electron chi connectivity index (χ3n) is 5.85. The van der Waals surface area contributed by atoms with Gasteiger partial charge in [-0.05, 0) is 37.3 Å². The molecular weight excluding hydrogens is 455 g/mol. The van der Waals surface area contributed by atoms with Crippen molar-refractivity contribution in [3.8, 4) is 5.69 Å². The topological polar surface area (TPSA) is 97.6 Å². The number of carboxylic acid groups (broad SMARTS) is 1. The maximum atomic E-state index is 12.7. The Hall–Kier alpha value is -2.84. The highest BCUT2D eigenvalue weighted by Crippen LogP contribution is 2.38. The summed E-state index contributed by atoms with van der Waals surface area (Å²) in [5, 5.41) is 10.5. The molecule has 2 aromatic heterocycles. The number of fused-ring (bicyclic) bond motifs is 1. The summed E-state index contributed by atoms with van der Waals surface area (Å²) >= 11 is 12.8. The summed E-state index contributed by atoms with van der Waals surface area (Å²) in [7, 11) is 1.36. The number of halogens is 2. The van der Waals surface area contributed by atoms with Gasteiger partial charge < -0.3 is 19.3 Å². The zero-order valence-electron chi connectivity index (χ0n) is 17.4. The van der Waals surface area contributed by atoms with Crippen LogP contribution in [0.15, 0.2) is 36.9 Å². The lowest BCUT2D eigenvalue weighted by atomic mass is 9.94. The lowest BCUT2D eigenvalue weighted by molar-refractivity contribution is -0.143. The molecule has 0 spiro atoms. The Bertz CT molecular complexity index is 1150. The van der Waals surface area contributed by atoms with Crippen LogP contribution in [0.25, 0.3) is 16.6 Å². The van der Waals surface area contributed by atoms with Gasteiger partial charge in [0.05, 0.1) is 34.7 Å². The van der Waals surface area contributed by atoms with Crippen LogP contribution in [0.1, 0.15) is 25.7 Å². The van der Waals surface area contributed by atoms with Gasteiger partial charge in [0.1, 0.15) is 11.9 Å². The molecule has 0 saturated carbocycles. The molecular formula is C22H22Cl2N4O4. The highest BCUT2D eigenvalue weighted by Gasteiger charge is 2.40. The van der Waals surface area contributed by atoms with E-state index in [1.165, 1.54) is 7.11 Å². The molecule has 3 heterocycles. The molecule has 2 atom stereocenters. The largest absolute Gasteiger partial charge is 0.481 e. The first-order valence-corrected chi connectivity index (χ1v) is 11.0. The van der Waals surface area contributed by atoms with E-state index in [1.54, 1.807) is 18.6 Å². The first-order valence-electron chi connectivity index (χ1n) is 10.2. The normalized spacial score (nSPS) is 18.3. The Morgan fingerprint density at radius 2 is 2.12 bits per heavy atom. The molecule has 8 nitrogen and oxygen atoms in total. The van der Waals surface area contributed by atoms with E-state index in [4.69, 9.17) is 38.0 Å². The van der Waals surface area contributed by atoms with Crippen LogP contribution < -0.4 is 4.90 Å². The molecule has 1 fully saturated rings. The zero-order valence-corrected chi connectivity index (χ0v) is 18.9. The maximum absolute atomic E-state index is 12.7. The average molecular weight is 477 g/mol. The van der Waals surface area contributed by atoms with E-state index in [2.05, 4.69) is 4.98 Å². The van der Waals surface area contributed by atoms with Crippen molar-refractivity contribution in [1.82, 2.24) is 14.5 Å². The highest BCUT2D eigenvalue weighted by molar-refractivity contribution is 6.45. The van der Waals surface area contributed by atoms with E-state index in [9.17, 15) is 9.59 Å². The van der Waals surface area contributed by atoms with Gasteiger partial charge in [0.25, 0.3) is 0 Å². The van der Waals surface area contributed by atoms with E-state index < -0.39 is 12.0 Å². The van der Waals surface area contributed by atoms with E-state index in [1.807, 2.05) is 27.8 Å². The molecule has 0 radical (unpaired) electrons. The number of benzene rings is 1. The number of aromatic nitrogens is 3. The van der Waals surface area contributed by atoms with Crippen molar-refractivity contribution in [1.29, 1.82) is 0 Å². The van der Waals surface area contributed by atoms with Crippen molar-refractivity contribution < 1.29 is 19.4 Å². The molecule has 0 bridgehead atoms. The van der Waals surface area contributed by atoms with E-state index in [0.717, 1.165) is 17.5 Å². The summed E-state index contributed by atoms with van der Waals surface area (Å²) in [5.74, 6) is -0.680. The molecule has 4 rings (SSSR count). The van der Waals surface area contributed by atoms with Crippen molar-refractivity contribution in [2.24, 2.45) is 5.92 Å². The molecule has 1 N–H and O–H groups in total. The number of rotatable bonds is 7. The van der Waals surface area contributed by atoms with Gasteiger partial charge >= 0.3 is 11.9 Å². The SMILES string of the molecule is COC(=O)[C@@H]1[C@@H](CCCC(=O)O)CCN1c1cc(-n2ccnc2)c2ccc(Cl)c(Cl)c2n1. The van der Waals surface area contributed by atoms with Gasteiger partial charge in [-0.2, -0.15) is 0 Å². The average Bonchev–Trinajstić information content (AvgIpc) is 3.45. The van der Waals surface area contributed by atoms with Crippen molar-refractivity contribution >= 4 is 51.9 Å². The number of aliphatic carboxylic acids is 1. The van der Waals surface area contributed by atoms with Crippen LogP contribution in [0.3, 0.4) is 0 Å². The molecule has 1 aliphatic heterocycles. The number of carbonyl (C=O) groups excluding carboxylic acids is 1. The third kappa shape index (κ3) is 4.25. The number of nitrogens with zero attached hydrogens (tertiary/aromatic N) is 4. The minimum Gasteiger partial charge on any atom is -0.481 e. The standard InChI is InChI=1S/C22H22Cl2N4O4/c1-32-22(31)21-13(3-2-4-18(29)30)7-9-28(21)17-11-16(27-10-8-25-12-27)14-5-6-15(23)19(24)20(14)26-17/h5-6,8,10-13,21H,2-4,7,9H2,1H3,(H,29,30)/t13-,21-/m0/s1. The van der Waals surface area contributed by atoms with Crippen molar-refractivity contribution in [3.05, 3.63) is 47.0 Å². The summed E-state index contributed by atoms with van der Waals surface area (Å²) in [4.78, 5) is 34.5. The molecule has 168 valence electrons. The van der Waals surface area contributed by atoms with Crippen LogP contribution >= 0.6 is 23.2 Å². The second kappa shape index (κ2) is 9.34. The van der Waals surface area contributed by atoms with Crippen LogP contribution in [-0.4, -0.2) is 51.3 Å². The van der Waals surface area contributed by atoms with Gasteiger partial charge in [-0.25, -0.2) is 14.8 Å². The summed E-state index contributed by atoms with van der Waals surface area (Å²) in [6, 6.07) is 4.91. The van der Waals surface area contributed by atoms with E-state index in [0.29, 0.717) is 40.8 Å². The van der Waals surface area contributed by atoms with Crippen molar-refractivity contribution in [2.45, 2.75) is 31.7 Å². The first-order chi connectivity index (χ1) is 15.4. The van der Waals surface area contributed by atoms with Gasteiger partial charge in [-0.15, -0.1) is 0 Å². The molecule has 1 aromatic carbocycles. The van der Waals surface area contributed by atoms with Gasteiger partial charge in [0, 0.05) is 36.8 Å². The monoisotopic (exact) mass is 476 g/mol. The Balaban J connectivity index is 1.78. The molecule has 0 aliphatic carbocycles. The Labute approximate surface area is 194 Å². The van der Waals surface area contributed by atoms with Crippen LogP contribution in [0.4, 0.5) is 5.82 Å². The Kier molecular flexibility index (Phi) is 6.53. The Morgan fingerprint density at radius 1 is 1.31 bits per heavy atom. The smallest absolute Gasteiger partial charge is 0.328 e. The number of hydrogen-bond donors (Lipinski definition) is 1. The molecule has 1 saturated heterocycles. The maximum Gasteiger partial charge on any atom is 0.328 e. The number of pyridine rings is 1. The predicted molar refractivity (Wildman–Crippen MR) is 122 cm³/mol. The van der Waals surface area contributed by atoms with Gasteiger partial charge in [0.15, 0.2) is 0 Å². The second-order valence-electron chi connectivity index (χ2n) is 7.72. The van der Waals surface area contributed by atoms with E-state index >= 15 is 0 Å². The number of ether oxygens (including phenoxy) is 1. The number of carboxylic acids is 1. The van der Waals surface area contributed by atoms with Crippen molar-refractivity contribution in [3.63, 3.8) is 0 Å². The van der Waals surface area contributed by atoms with Crippen LogP contribution in [0, 0.1) is 5.92 Å². The predicted octanol–water partition coefficient (Wildman–Crippen LogP) is 4.35. The minimum absolute atomic E-state index is 0.0363. The number of hydrogen-bond acceptors (Lipinski definition) is 6. The van der Waals surface area contributed by atoms with Crippen molar-refractivity contribution in [2.75, 3.05) is 18.6 Å². The molecule has 1 aliphatic rings. The summed E-state index contributed by atoms with van der Waals surface area (Å²) in [6.07, 6.45) is 7.07.